The first-order chi connectivity index (χ1) is 22.9. The van der Waals surface area contributed by atoms with E-state index in [1.54, 1.807) is 12.3 Å². The van der Waals surface area contributed by atoms with Gasteiger partial charge in [0.25, 0.3) is 0 Å². The number of alkyl carbamates (subject to hydrolysis) is 1. The van der Waals surface area contributed by atoms with Crippen molar-refractivity contribution in [1.29, 1.82) is 0 Å². The fraction of sp³-hybridized carbons (Fsp3) is 0.529. The number of aromatic hydroxyl groups is 1. The largest absolute Gasteiger partial charge is 0.494 e. The number of fused-ring (bicyclic) bond motifs is 2. The monoisotopic (exact) mass is 685 g/mol. The molecule has 2 fully saturated rings. The molecule has 2 aromatic carbocycles. The minimum atomic E-state index is -4.14. The van der Waals surface area contributed by atoms with Crippen molar-refractivity contribution in [3.05, 3.63) is 59.7 Å². The van der Waals surface area contributed by atoms with Crippen molar-refractivity contribution in [2.45, 2.75) is 56.1 Å². The number of hydrogen-bond donors (Lipinski definition) is 4. The van der Waals surface area contributed by atoms with E-state index in [2.05, 4.69) is 15.3 Å². The van der Waals surface area contributed by atoms with E-state index in [0.29, 0.717) is 36.2 Å². The maximum atomic E-state index is 14.2. The molecule has 2 unspecified atom stereocenters. The van der Waals surface area contributed by atoms with Gasteiger partial charge in [-0.3, -0.25) is 4.99 Å². The summed E-state index contributed by atoms with van der Waals surface area (Å²) >= 11 is 0. The molecule has 0 bridgehead atoms. The standard InChI is InChI=1S/C34H47N5O8S/c1-22(2)19-39(48(43,44)24-10-11-28-26(17-24)27(32(41)36-28)18-35-13-14-38(3)4)20-30(40)29(16-23-8-6-5-7-9-23)37-34(42)47-31-21-46-33-25(31)12-15-45-33/h5-11,17-18,22,25,29-31,33,36,40-41H,12-16,19-21H2,1-4H3,(H,37,42)/t25?,29-,30+,31-,33?/m0/s1. The van der Waals surface area contributed by atoms with Crippen LogP contribution in [0.3, 0.4) is 0 Å². The number of aliphatic imine (C=N–C) groups is 1. The van der Waals surface area contributed by atoms with E-state index in [-0.39, 0.29) is 55.0 Å². The molecule has 0 aliphatic carbocycles. The van der Waals surface area contributed by atoms with Crippen LogP contribution < -0.4 is 5.32 Å². The minimum absolute atomic E-state index is 0.00587. The van der Waals surface area contributed by atoms with Gasteiger partial charge in [0.15, 0.2) is 12.2 Å². The number of H-pyrrole nitrogens is 1. The summed E-state index contributed by atoms with van der Waals surface area (Å²) in [4.78, 5) is 22.4. The lowest BCUT2D eigenvalue weighted by atomic mass is 10.0. The molecule has 1 amide bonds. The number of amides is 1. The third kappa shape index (κ3) is 8.73. The predicted molar refractivity (Wildman–Crippen MR) is 182 cm³/mol. The van der Waals surface area contributed by atoms with Gasteiger partial charge in [-0.1, -0.05) is 44.2 Å². The maximum absolute atomic E-state index is 14.2. The first-order valence-corrected chi connectivity index (χ1v) is 17.8. The summed E-state index contributed by atoms with van der Waals surface area (Å²) < 4.78 is 46.5. The van der Waals surface area contributed by atoms with Gasteiger partial charge in [0.2, 0.25) is 10.0 Å². The molecule has 3 heterocycles. The molecule has 3 aromatic rings. The van der Waals surface area contributed by atoms with Crippen LogP contribution in [0.2, 0.25) is 0 Å². The summed E-state index contributed by atoms with van der Waals surface area (Å²) in [6.07, 6.45) is -0.353. The van der Waals surface area contributed by atoms with Gasteiger partial charge in [0.1, 0.15) is 6.10 Å². The molecule has 13 nitrogen and oxygen atoms in total. The topological polar surface area (TPSA) is 166 Å². The molecule has 5 atom stereocenters. The van der Waals surface area contributed by atoms with E-state index in [9.17, 15) is 23.4 Å². The number of hydrogen-bond acceptors (Lipinski definition) is 10. The molecular weight excluding hydrogens is 638 g/mol. The number of nitrogens with one attached hydrogen (secondary N) is 2. The fourth-order valence-electron chi connectivity index (χ4n) is 6.07. The summed E-state index contributed by atoms with van der Waals surface area (Å²) in [6, 6.07) is 13.1. The van der Waals surface area contributed by atoms with Gasteiger partial charge in [-0.15, -0.1) is 0 Å². The van der Waals surface area contributed by atoms with Gasteiger partial charge >= 0.3 is 6.09 Å². The van der Waals surface area contributed by atoms with Gasteiger partial charge in [-0.25, -0.2) is 13.2 Å². The van der Waals surface area contributed by atoms with Crippen LogP contribution in [-0.4, -0.2) is 123 Å². The SMILES string of the molecule is CC(C)CN(C[C@@H](O)[C@H](Cc1ccccc1)NC(=O)O[C@H]1COC2OCCC21)S(=O)(=O)c1ccc2[nH]c(O)c(C=NCCN(C)C)c2c1. The summed E-state index contributed by atoms with van der Waals surface area (Å²) in [7, 11) is -0.263. The summed E-state index contributed by atoms with van der Waals surface area (Å²) in [5.74, 6) is -0.227. The highest BCUT2D eigenvalue weighted by Crippen LogP contribution is 2.33. The highest BCUT2D eigenvalue weighted by atomic mass is 32.2. The van der Waals surface area contributed by atoms with Crippen LogP contribution in [0.4, 0.5) is 4.79 Å². The normalized spacial score (nSPS) is 21.0. The lowest BCUT2D eigenvalue weighted by Crippen LogP contribution is -2.51. The smallest absolute Gasteiger partial charge is 0.407 e. The molecule has 48 heavy (non-hydrogen) atoms. The second-order valence-corrected chi connectivity index (χ2v) is 15.1. The molecule has 0 radical (unpaired) electrons. The summed E-state index contributed by atoms with van der Waals surface area (Å²) in [5, 5.41) is 25.5. The van der Waals surface area contributed by atoms with Crippen molar-refractivity contribution in [2.75, 3.05) is 53.5 Å². The quantitative estimate of drug-likeness (QED) is 0.176. The van der Waals surface area contributed by atoms with Crippen molar-refractivity contribution in [2.24, 2.45) is 16.8 Å². The Bertz CT molecular complexity index is 1660. The van der Waals surface area contributed by atoms with E-state index in [4.69, 9.17) is 14.2 Å². The van der Waals surface area contributed by atoms with Crippen molar-refractivity contribution in [1.82, 2.24) is 19.5 Å². The van der Waals surface area contributed by atoms with Crippen molar-refractivity contribution < 1.29 is 37.6 Å². The lowest BCUT2D eigenvalue weighted by molar-refractivity contribution is -0.0907. The molecule has 2 saturated heterocycles. The molecule has 14 heteroatoms. The van der Waals surface area contributed by atoms with E-state index in [1.165, 1.54) is 16.4 Å². The molecule has 2 aliphatic heterocycles. The number of aliphatic hydroxyl groups is 1. The second-order valence-electron chi connectivity index (χ2n) is 13.1. The van der Waals surface area contributed by atoms with E-state index >= 15 is 0 Å². The number of aromatic amines is 1. The number of aliphatic hydroxyl groups excluding tert-OH is 1. The first-order valence-electron chi connectivity index (χ1n) is 16.3. The maximum Gasteiger partial charge on any atom is 0.407 e. The molecule has 0 saturated carbocycles. The Morgan fingerprint density at radius 1 is 1.17 bits per heavy atom. The number of nitrogens with zero attached hydrogens (tertiary/aromatic N) is 3. The lowest BCUT2D eigenvalue weighted by Gasteiger charge is -2.31. The third-order valence-corrected chi connectivity index (χ3v) is 10.4. The van der Waals surface area contributed by atoms with Gasteiger partial charge in [0.05, 0.1) is 48.3 Å². The van der Waals surface area contributed by atoms with Crippen LogP contribution in [-0.2, 0) is 30.7 Å². The fourth-order valence-corrected chi connectivity index (χ4v) is 7.72. The van der Waals surface area contributed by atoms with Crippen LogP contribution in [0.15, 0.2) is 58.4 Å². The zero-order valence-electron chi connectivity index (χ0n) is 27.9. The van der Waals surface area contributed by atoms with Crippen molar-refractivity contribution in [3.63, 3.8) is 0 Å². The molecule has 1 aromatic heterocycles. The molecule has 262 valence electrons. The molecule has 4 N–H and O–H groups in total. The van der Waals surface area contributed by atoms with Crippen LogP contribution in [0.5, 0.6) is 5.88 Å². The predicted octanol–water partition coefficient (Wildman–Crippen LogP) is 2.96. The number of ether oxygens (including phenoxy) is 3. The van der Waals surface area contributed by atoms with Crippen LogP contribution in [0, 0.1) is 11.8 Å². The highest BCUT2D eigenvalue weighted by molar-refractivity contribution is 7.89. The van der Waals surface area contributed by atoms with E-state index < -0.39 is 34.4 Å². The van der Waals surface area contributed by atoms with E-state index in [1.807, 2.05) is 63.2 Å². The zero-order valence-corrected chi connectivity index (χ0v) is 28.7. The van der Waals surface area contributed by atoms with E-state index in [0.717, 1.165) is 12.0 Å². The molecule has 5 rings (SSSR count). The van der Waals surface area contributed by atoms with Gasteiger partial charge in [-0.05, 0) is 56.6 Å². The Balaban J connectivity index is 1.37. The Morgan fingerprint density at radius 3 is 2.67 bits per heavy atom. The summed E-state index contributed by atoms with van der Waals surface area (Å²) in [6.45, 7) is 5.62. The Labute approximate surface area is 281 Å². The number of likely N-dealkylation sites (N-methyl/N-ethyl adjacent to an activating group) is 1. The second kappa shape index (κ2) is 15.8. The molecular formula is C34H47N5O8S. The number of rotatable bonds is 15. The number of carbonyl (C=O) groups excluding carboxylic acids is 1. The minimum Gasteiger partial charge on any atom is -0.494 e. The highest BCUT2D eigenvalue weighted by Gasteiger charge is 2.44. The van der Waals surface area contributed by atoms with Crippen molar-refractivity contribution in [3.8, 4) is 5.88 Å². The van der Waals surface area contributed by atoms with Crippen LogP contribution in [0.25, 0.3) is 10.9 Å². The average Bonchev–Trinajstić information content (AvgIpc) is 3.74. The van der Waals surface area contributed by atoms with Gasteiger partial charge in [-0.2, -0.15) is 4.31 Å². The van der Waals surface area contributed by atoms with Gasteiger partial charge < -0.3 is 39.6 Å². The number of benzene rings is 2. The Kier molecular flexibility index (Phi) is 11.8. The Hall–Kier alpha value is -3.53. The first kappa shape index (κ1) is 35.8. The zero-order chi connectivity index (χ0) is 34.4. The van der Waals surface area contributed by atoms with Gasteiger partial charge in [0, 0.05) is 36.8 Å². The van der Waals surface area contributed by atoms with Crippen LogP contribution >= 0.6 is 0 Å². The Morgan fingerprint density at radius 2 is 1.94 bits per heavy atom. The summed E-state index contributed by atoms with van der Waals surface area (Å²) in [5.41, 5.74) is 1.81. The number of aromatic nitrogens is 1. The molecule has 0 spiro atoms. The number of sulfonamides is 1. The van der Waals surface area contributed by atoms with Crippen molar-refractivity contribution >= 4 is 33.2 Å². The molecule has 2 aliphatic rings. The number of carbonyl (C=O) groups is 1. The third-order valence-electron chi connectivity index (χ3n) is 8.59. The van der Waals surface area contributed by atoms with Crippen LogP contribution in [0.1, 0.15) is 31.4 Å². The average molecular weight is 686 g/mol.